The van der Waals surface area contributed by atoms with Crippen LogP contribution in [-0.2, 0) is 0 Å². The van der Waals surface area contributed by atoms with Gasteiger partial charge in [0.05, 0.1) is 0 Å². The molecule has 0 radical (unpaired) electrons. The Hall–Kier alpha value is -1.41. The van der Waals surface area contributed by atoms with Gasteiger partial charge in [-0.1, -0.05) is 75.9 Å². The van der Waals surface area contributed by atoms with Gasteiger partial charge in [-0.05, 0) is 36.1 Å². The molecule has 0 aliphatic heterocycles. The Bertz CT molecular complexity index is 567. The highest BCUT2D eigenvalue weighted by Gasteiger charge is 2.20. The van der Waals surface area contributed by atoms with Crippen molar-refractivity contribution in [2.45, 2.75) is 62.0 Å². The third kappa shape index (κ3) is 5.95. The van der Waals surface area contributed by atoms with Crippen LogP contribution in [0.4, 0.5) is 0 Å². The monoisotopic (exact) mass is 328 g/mol. The fraction of sp³-hybridized carbons (Fsp3) is 0.429. The second-order valence-electron chi connectivity index (χ2n) is 6.20. The quantitative estimate of drug-likeness (QED) is 0.412. The maximum atomic E-state index is 9.71. The van der Waals surface area contributed by atoms with Crippen LogP contribution in [0.25, 0.3) is 0 Å². The first-order chi connectivity index (χ1) is 11.2. The van der Waals surface area contributed by atoms with Crippen molar-refractivity contribution in [2.75, 3.05) is 0 Å². The SMILES string of the molecule is CCCCCCC(Sc1cccc(O)c1)C(C)c1ccccc1. The summed E-state index contributed by atoms with van der Waals surface area (Å²) >= 11 is 1.90. The molecule has 1 N–H and O–H groups in total. The van der Waals surface area contributed by atoms with Crippen molar-refractivity contribution in [1.29, 1.82) is 0 Å². The van der Waals surface area contributed by atoms with E-state index in [1.54, 1.807) is 6.07 Å². The predicted octanol–water partition coefficient (Wildman–Crippen LogP) is 6.63. The maximum Gasteiger partial charge on any atom is 0.116 e. The van der Waals surface area contributed by atoms with Crippen molar-refractivity contribution in [3.05, 3.63) is 60.2 Å². The summed E-state index contributed by atoms with van der Waals surface area (Å²) < 4.78 is 0. The molecule has 2 rings (SSSR count). The molecular formula is C21H28OS. The standard InChI is InChI=1S/C21H28OS/c1-3-4-5-9-15-21(17(2)18-11-7-6-8-12-18)23-20-14-10-13-19(22)16-20/h6-8,10-14,16-17,21-22H,3-5,9,15H2,1-2H3. The van der Waals surface area contributed by atoms with E-state index in [0.717, 1.165) is 4.90 Å². The molecule has 0 heterocycles. The van der Waals surface area contributed by atoms with Gasteiger partial charge in [-0.2, -0.15) is 0 Å². The Morgan fingerprint density at radius 3 is 2.43 bits per heavy atom. The molecule has 0 aliphatic carbocycles. The van der Waals surface area contributed by atoms with Crippen LogP contribution in [0.5, 0.6) is 5.75 Å². The Balaban J connectivity index is 2.07. The summed E-state index contributed by atoms with van der Waals surface area (Å²) in [4.78, 5) is 1.16. The third-order valence-electron chi connectivity index (χ3n) is 4.33. The molecule has 2 unspecified atom stereocenters. The van der Waals surface area contributed by atoms with Gasteiger partial charge in [-0.15, -0.1) is 11.8 Å². The van der Waals surface area contributed by atoms with Crippen LogP contribution in [0.15, 0.2) is 59.5 Å². The number of unbranched alkanes of at least 4 members (excludes halogenated alkanes) is 3. The molecule has 23 heavy (non-hydrogen) atoms. The lowest BCUT2D eigenvalue weighted by Crippen LogP contribution is -2.13. The van der Waals surface area contributed by atoms with Gasteiger partial charge < -0.3 is 5.11 Å². The molecule has 0 aliphatic rings. The van der Waals surface area contributed by atoms with Gasteiger partial charge >= 0.3 is 0 Å². The molecule has 0 amide bonds. The van der Waals surface area contributed by atoms with Crippen LogP contribution in [-0.4, -0.2) is 10.4 Å². The highest BCUT2D eigenvalue weighted by Crippen LogP contribution is 2.37. The minimum absolute atomic E-state index is 0.354. The van der Waals surface area contributed by atoms with Crippen molar-refractivity contribution in [3.63, 3.8) is 0 Å². The average molecular weight is 329 g/mol. The zero-order chi connectivity index (χ0) is 16.5. The topological polar surface area (TPSA) is 20.2 Å². The molecule has 2 aromatic carbocycles. The number of phenols is 1. The molecule has 2 aromatic rings. The summed E-state index contributed by atoms with van der Waals surface area (Å²) in [5.41, 5.74) is 1.40. The molecule has 0 bridgehead atoms. The molecule has 0 aromatic heterocycles. The van der Waals surface area contributed by atoms with E-state index >= 15 is 0 Å². The fourth-order valence-electron chi connectivity index (χ4n) is 2.89. The molecule has 0 fully saturated rings. The van der Waals surface area contributed by atoms with E-state index in [-0.39, 0.29) is 0 Å². The normalized spacial score (nSPS) is 13.7. The predicted molar refractivity (Wildman–Crippen MR) is 101 cm³/mol. The van der Waals surface area contributed by atoms with Gasteiger partial charge in [-0.3, -0.25) is 0 Å². The Labute approximate surface area is 145 Å². The van der Waals surface area contributed by atoms with Gasteiger partial charge in [0, 0.05) is 10.1 Å². The van der Waals surface area contributed by atoms with E-state index in [1.165, 1.54) is 37.7 Å². The van der Waals surface area contributed by atoms with Gasteiger partial charge in [0.25, 0.3) is 0 Å². The molecule has 0 saturated carbocycles. The molecular weight excluding hydrogens is 300 g/mol. The summed E-state index contributed by atoms with van der Waals surface area (Å²) in [5.74, 6) is 0.859. The van der Waals surface area contributed by atoms with Gasteiger partial charge in [0.1, 0.15) is 5.75 Å². The fourth-order valence-corrected chi connectivity index (χ4v) is 4.23. The average Bonchev–Trinajstić information content (AvgIpc) is 2.58. The van der Waals surface area contributed by atoms with Gasteiger partial charge in [0.15, 0.2) is 0 Å². The van der Waals surface area contributed by atoms with E-state index in [9.17, 15) is 5.11 Å². The summed E-state index contributed by atoms with van der Waals surface area (Å²) in [6, 6.07) is 18.4. The van der Waals surface area contributed by atoms with E-state index < -0.39 is 0 Å². The lowest BCUT2D eigenvalue weighted by atomic mass is 9.94. The zero-order valence-electron chi connectivity index (χ0n) is 14.2. The van der Waals surface area contributed by atoms with Crippen LogP contribution < -0.4 is 0 Å². The summed E-state index contributed by atoms with van der Waals surface area (Å²) in [6.07, 6.45) is 6.41. The number of rotatable bonds is 9. The number of hydrogen-bond donors (Lipinski definition) is 1. The van der Waals surface area contributed by atoms with Crippen molar-refractivity contribution in [3.8, 4) is 5.75 Å². The van der Waals surface area contributed by atoms with Crippen molar-refractivity contribution >= 4 is 11.8 Å². The minimum Gasteiger partial charge on any atom is -0.508 e. The first-order valence-electron chi connectivity index (χ1n) is 8.71. The Morgan fingerprint density at radius 1 is 0.957 bits per heavy atom. The minimum atomic E-state index is 0.354. The molecule has 0 spiro atoms. The van der Waals surface area contributed by atoms with E-state index in [2.05, 4.69) is 50.2 Å². The largest absolute Gasteiger partial charge is 0.508 e. The van der Waals surface area contributed by atoms with E-state index in [1.807, 2.05) is 23.9 Å². The second-order valence-corrected chi connectivity index (χ2v) is 7.51. The highest BCUT2D eigenvalue weighted by atomic mass is 32.2. The van der Waals surface area contributed by atoms with E-state index in [0.29, 0.717) is 16.9 Å². The second kappa shape index (κ2) is 9.67. The van der Waals surface area contributed by atoms with Crippen LogP contribution in [0, 0.1) is 0 Å². The van der Waals surface area contributed by atoms with Crippen LogP contribution in [0.3, 0.4) is 0 Å². The van der Waals surface area contributed by atoms with E-state index in [4.69, 9.17) is 0 Å². The number of thioether (sulfide) groups is 1. The first kappa shape index (κ1) is 17.9. The Kier molecular flexibility index (Phi) is 7.54. The number of aromatic hydroxyl groups is 1. The summed E-state index contributed by atoms with van der Waals surface area (Å²) in [5, 5.41) is 10.3. The zero-order valence-corrected chi connectivity index (χ0v) is 15.1. The maximum absolute atomic E-state index is 9.71. The van der Waals surface area contributed by atoms with Crippen LogP contribution in [0.2, 0.25) is 0 Å². The Morgan fingerprint density at radius 2 is 1.74 bits per heavy atom. The lowest BCUT2D eigenvalue weighted by molar-refractivity contribution is 0.474. The summed E-state index contributed by atoms with van der Waals surface area (Å²) in [7, 11) is 0. The summed E-state index contributed by atoms with van der Waals surface area (Å²) in [6.45, 7) is 4.58. The number of benzene rings is 2. The van der Waals surface area contributed by atoms with Crippen molar-refractivity contribution in [1.82, 2.24) is 0 Å². The van der Waals surface area contributed by atoms with Gasteiger partial charge in [-0.25, -0.2) is 0 Å². The third-order valence-corrected chi connectivity index (χ3v) is 5.80. The molecule has 1 nitrogen and oxygen atoms in total. The first-order valence-corrected chi connectivity index (χ1v) is 9.59. The molecule has 124 valence electrons. The highest BCUT2D eigenvalue weighted by molar-refractivity contribution is 8.00. The molecule has 0 saturated heterocycles. The number of phenolic OH excluding ortho intramolecular Hbond substituents is 1. The van der Waals surface area contributed by atoms with Gasteiger partial charge in [0.2, 0.25) is 0 Å². The van der Waals surface area contributed by atoms with Crippen LogP contribution in [0.1, 0.15) is 57.4 Å². The smallest absolute Gasteiger partial charge is 0.116 e. The van der Waals surface area contributed by atoms with Crippen molar-refractivity contribution < 1.29 is 5.11 Å². The van der Waals surface area contributed by atoms with Crippen LogP contribution >= 0.6 is 11.8 Å². The van der Waals surface area contributed by atoms with Crippen molar-refractivity contribution in [2.24, 2.45) is 0 Å². The number of hydrogen-bond acceptors (Lipinski definition) is 2. The molecule has 2 heteroatoms. The lowest BCUT2D eigenvalue weighted by Gasteiger charge is -2.24. The molecule has 2 atom stereocenters.